The van der Waals surface area contributed by atoms with Gasteiger partial charge in [0.05, 0.1) is 11.4 Å². The van der Waals surface area contributed by atoms with E-state index in [9.17, 15) is 8.42 Å². The minimum atomic E-state index is -3.55. The molecule has 8 heteroatoms. The molecule has 1 aromatic carbocycles. The maximum Gasteiger partial charge on any atom is 0.263 e. The lowest BCUT2D eigenvalue weighted by atomic mass is 10.2. The molecule has 24 heavy (non-hydrogen) atoms. The normalized spacial score (nSPS) is 20.0. The Morgan fingerprint density at radius 3 is 2.58 bits per heavy atom. The smallest absolute Gasteiger partial charge is 0.263 e. The minimum Gasteiger partial charge on any atom is -0.300 e. The second-order valence-corrected chi connectivity index (χ2v) is 8.62. The average Bonchev–Trinajstić information content (AvgIpc) is 3.16. The number of halogens is 1. The van der Waals surface area contributed by atoms with Crippen LogP contribution in [0.25, 0.3) is 0 Å². The zero-order valence-corrected chi connectivity index (χ0v) is 16.0. The number of aliphatic imine (C=N–C) groups is 1. The van der Waals surface area contributed by atoms with Gasteiger partial charge >= 0.3 is 0 Å². The SMILES string of the molecule is Cc1ccc(S(=O)(=O)NC2=NC/C(=C\CN3CCCC3)S2)cc1.Cl. The Hall–Kier alpha value is -1.02. The highest BCUT2D eigenvalue weighted by molar-refractivity contribution is 8.18. The number of aryl methyl sites for hydroxylation is 1. The highest BCUT2D eigenvalue weighted by Crippen LogP contribution is 2.25. The fourth-order valence-electron chi connectivity index (χ4n) is 2.59. The summed E-state index contributed by atoms with van der Waals surface area (Å²) < 4.78 is 27.3. The highest BCUT2D eigenvalue weighted by Gasteiger charge is 2.21. The molecule has 132 valence electrons. The third-order valence-corrected chi connectivity index (χ3v) is 6.40. The quantitative estimate of drug-likeness (QED) is 0.862. The van der Waals surface area contributed by atoms with Crippen LogP contribution in [-0.2, 0) is 10.0 Å². The third kappa shape index (κ3) is 4.99. The average molecular weight is 388 g/mol. The van der Waals surface area contributed by atoms with Gasteiger partial charge in [-0.3, -0.25) is 14.6 Å². The van der Waals surface area contributed by atoms with Crippen LogP contribution in [0.3, 0.4) is 0 Å². The van der Waals surface area contributed by atoms with Crippen LogP contribution in [0, 0.1) is 6.92 Å². The van der Waals surface area contributed by atoms with Crippen molar-refractivity contribution in [2.24, 2.45) is 4.99 Å². The van der Waals surface area contributed by atoms with E-state index < -0.39 is 10.0 Å². The number of benzene rings is 1. The molecule has 1 saturated heterocycles. The predicted molar refractivity (Wildman–Crippen MR) is 102 cm³/mol. The van der Waals surface area contributed by atoms with Crippen molar-refractivity contribution in [2.45, 2.75) is 24.7 Å². The lowest BCUT2D eigenvalue weighted by molar-refractivity contribution is 0.377. The molecule has 5 nitrogen and oxygen atoms in total. The van der Waals surface area contributed by atoms with Crippen LogP contribution < -0.4 is 4.72 Å². The Balaban J connectivity index is 0.00000208. The third-order valence-electron chi connectivity index (χ3n) is 3.94. The molecular formula is C16H22ClN3O2S2. The number of amidine groups is 1. The summed E-state index contributed by atoms with van der Waals surface area (Å²) in [4.78, 5) is 8.07. The molecule has 0 spiro atoms. The summed E-state index contributed by atoms with van der Waals surface area (Å²) in [6.07, 6.45) is 4.70. The van der Waals surface area contributed by atoms with Crippen LogP contribution in [-0.4, -0.2) is 44.7 Å². The lowest BCUT2D eigenvalue weighted by Crippen LogP contribution is -2.27. The molecule has 2 aliphatic heterocycles. The summed E-state index contributed by atoms with van der Waals surface area (Å²) in [5.41, 5.74) is 1.03. The van der Waals surface area contributed by atoms with Gasteiger partial charge in [-0.2, -0.15) is 0 Å². The fourth-order valence-corrected chi connectivity index (χ4v) is 4.65. The molecule has 1 aromatic rings. The Labute approximate surface area is 154 Å². The van der Waals surface area contributed by atoms with Crippen molar-refractivity contribution in [3.63, 3.8) is 0 Å². The van der Waals surface area contributed by atoms with Gasteiger partial charge in [-0.15, -0.1) is 12.4 Å². The molecule has 0 bridgehead atoms. The first-order chi connectivity index (χ1) is 11.0. The summed E-state index contributed by atoms with van der Waals surface area (Å²) in [7, 11) is -3.55. The van der Waals surface area contributed by atoms with E-state index in [0.717, 1.165) is 30.1 Å². The first-order valence-corrected chi connectivity index (χ1v) is 10.1. The first kappa shape index (κ1) is 19.3. The predicted octanol–water partition coefficient (Wildman–Crippen LogP) is 2.78. The van der Waals surface area contributed by atoms with E-state index in [-0.39, 0.29) is 17.3 Å². The zero-order valence-electron chi connectivity index (χ0n) is 13.6. The van der Waals surface area contributed by atoms with Crippen LogP contribution in [0.15, 0.2) is 45.1 Å². The topological polar surface area (TPSA) is 61.8 Å². The Morgan fingerprint density at radius 2 is 1.92 bits per heavy atom. The Bertz CT molecular complexity index is 724. The van der Waals surface area contributed by atoms with E-state index in [0.29, 0.717) is 11.7 Å². The summed E-state index contributed by atoms with van der Waals surface area (Å²) in [6, 6.07) is 6.81. The maximum absolute atomic E-state index is 12.3. The van der Waals surface area contributed by atoms with Gasteiger partial charge in [-0.1, -0.05) is 35.5 Å². The largest absolute Gasteiger partial charge is 0.300 e. The van der Waals surface area contributed by atoms with Gasteiger partial charge in [0, 0.05) is 11.4 Å². The second-order valence-electron chi connectivity index (χ2n) is 5.82. The van der Waals surface area contributed by atoms with Crippen LogP contribution in [0.2, 0.25) is 0 Å². The van der Waals surface area contributed by atoms with Gasteiger partial charge in [0.1, 0.15) is 0 Å². The van der Waals surface area contributed by atoms with E-state index >= 15 is 0 Å². The van der Waals surface area contributed by atoms with Crippen LogP contribution in [0.4, 0.5) is 0 Å². The minimum absolute atomic E-state index is 0. The molecule has 3 rings (SSSR count). The molecule has 0 atom stereocenters. The van der Waals surface area contributed by atoms with Gasteiger partial charge in [0.25, 0.3) is 10.0 Å². The number of hydrogen-bond donors (Lipinski definition) is 1. The number of nitrogens with one attached hydrogen (secondary N) is 1. The van der Waals surface area contributed by atoms with Crippen molar-refractivity contribution in [3.8, 4) is 0 Å². The molecule has 1 fully saturated rings. The van der Waals surface area contributed by atoms with E-state index in [1.807, 2.05) is 6.92 Å². The maximum atomic E-state index is 12.3. The van der Waals surface area contributed by atoms with E-state index in [2.05, 4.69) is 20.7 Å². The van der Waals surface area contributed by atoms with E-state index in [1.54, 1.807) is 24.3 Å². The molecule has 0 radical (unpaired) electrons. The molecule has 0 amide bonds. The van der Waals surface area contributed by atoms with Gasteiger partial charge in [-0.25, -0.2) is 8.42 Å². The molecule has 2 heterocycles. The summed E-state index contributed by atoms with van der Waals surface area (Å²) in [5, 5.41) is 0.457. The standard InChI is InChI=1S/C16H21N3O2S2.ClH/c1-13-4-6-15(7-5-13)23(20,21)18-16-17-12-14(22-16)8-11-19-9-2-3-10-19;/h4-8H,2-3,9-12H2,1H3,(H,17,18);1H/b14-8+;. The van der Waals surface area contributed by atoms with Crippen LogP contribution in [0.5, 0.6) is 0 Å². The molecule has 0 saturated carbocycles. The van der Waals surface area contributed by atoms with Crippen molar-refractivity contribution in [1.29, 1.82) is 0 Å². The number of thioether (sulfide) groups is 1. The number of hydrogen-bond acceptors (Lipinski definition) is 5. The van der Waals surface area contributed by atoms with Crippen molar-refractivity contribution in [3.05, 3.63) is 40.8 Å². The lowest BCUT2D eigenvalue weighted by Gasteiger charge is -2.11. The van der Waals surface area contributed by atoms with E-state index in [1.165, 1.54) is 24.6 Å². The zero-order chi connectivity index (χ0) is 16.3. The fraction of sp³-hybridized carbons (Fsp3) is 0.438. The van der Waals surface area contributed by atoms with Gasteiger partial charge in [0.15, 0.2) is 5.17 Å². The van der Waals surface area contributed by atoms with Gasteiger partial charge < -0.3 is 0 Å². The van der Waals surface area contributed by atoms with Crippen LogP contribution >= 0.6 is 24.2 Å². The molecule has 0 unspecified atom stereocenters. The summed E-state index contributed by atoms with van der Waals surface area (Å²) in [6.45, 7) is 5.72. The summed E-state index contributed by atoms with van der Waals surface area (Å²) in [5.74, 6) is 0. The van der Waals surface area contributed by atoms with Crippen molar-refractivity contribution >= 4 is 39.4 Å². The molecule has 1 N–H and O–H groups in total. The molecule has 2 aliphatic rings. The monoisotopic (exact) mass is 387 g/mol. The number of rotatable bonds is 4. The Morgan fingerprint density at radius 1 is 1.25 bits per heavy atom. The van der Waals surface area contributed by atoms with Crippen molar-refractivity contribution in [1.82, 2.24) is 9.62 Å². The molecular weight excluding hydrogens is 366 g/mol. The molecule has 0 aliphatic carbocycles. The number of likely N-dealkylation sites (tertiary alicyclic amines) is 1. The second kappa shape index (κ2) is 8.38. The van der Waals surface area contributed by atoms with Crippen LogP contribution in [0.1, 0.15) is 18.4 Å². The molecule has 0 aromatic heterocycles. The Kier molecular flexibility index (Phi) is 6.74. The number of nitrogens with zero attached hydrogens (tertiary/aromatic N) is 2. The first-order valence-electron chi connectivity index (χ1n) is 7.76. The summed E-state index contributed by atoms with van der Waals surface area (Å²) >= 11 is 1.41. The van der Waals surface area contributed by atoms with Gasteiger partial charge in [0.2, 0.25) is 0 Å². The highest BCUT2D eigenvalue weighted by atomic mass is 35.5. The van der Waals surface area contributed by atoms with Crippen molar-refractivity contribution in [2.75, 3.05) is 26.2 Å². The number of sulfonamides is 1. The van der Waals surface area contributed by atoms with Gasteiger partial charge in [-0.05, 0) is 45.0 Å². The van der Waals surface area contributed by atoms with Crippen molar-refractivity contribution < 1.29 is 8.42 Å². The van der Waals surface area contributed by atoms with E-state index in [4.69, 9.17) is 0 Å².